The second-order valence-electron chi connectivity index (χ2n) is 2.50. The predicted octanol–water partition coefficient (Wildman–Crippen LogP) is 1.61. The Labute approximate surface area is 99.8 Å². The number of ether oxygens (including phenoxy) is 1. The highest BCUT2D eigenvalue weighted by Gasteiger charge is 1.91. The van der Waals surface area contributed by atoms with Gasteiger partial charge in [0, 0.05) is 26.4 Å². The molecule has 0 rings (SSSR count). The molecule has 0 aliphatic carbocycles. The van der Waals surface area contributed by atoms with Crippen LogP contribution in [0.4, 0.5) is 0 Å². The summed E-state index contributed by atoms with van der Waals surface area (Å²) in [6.45, 7) is 2.21. The Kier molecular flexibility index (Phi) is 12.6. The third-order valence-corrected chi connectivity index (χ3v) is 1.10. The topological polar surface area (TPSA) is 46.6 Å². The maximum atomic E-state index is 10.6. The fourth-order valence-electron chi connectivity index (χ4n) is 0.400. The lowest BCUT2D eigenvalue weighted by Gasteiger charge is -2.02. The lowest BCUT2D eigenvalue weighted by Crippen LogP contribution is -2.04. The first kappa shape index (κ1) is 16.7. The molecule has 0 aliphatic heterocycles. The number of hydrogen-bond acceptors (Lipinski definition) is 4. The van der Waals surface area contributed by atoms with E-state index >= 15 is 0 Å². The lowest BCUT2D eigenvalue weighted by molar-refractivity contribution is -0.137. The zero-order chi connectivity index (χ0) is 12.3. The van der Waals surface area contributed by atoms with Gasteiger partial charge >= 0.3 is 5.97 Å². The van der Waals surface area contributed by atoms with Crippen LogP contribution in [0.3, 0.4) is 0 Å². The van der Waals surface area contributed by atoms with E-state index in [9.17, 15) is 9.59 Å². The molecule has 15 heavy (non-hydrogen) atoms. The molecule has 88 valence electrons. The van der Waals surface area contributed by atoms with Crippen molar-refractivity contribution in [3.05, 3.63) is 12.3 Å². The van der Waals surface area contributed by atoms with E-state index in [1.807, 2.05) is 14.1 Å². The van der Waals surface area contributed by atoms with Crippen molar-refractivity contribution in [2.45, 2.75) is 11.8 Å². The molecular formula is C9H15Cl2NO3. The molecule has 0 amide bonds. The summed E-state index contributed by atoms with van der Waals surface area (Å²) < 4.78 is 4.64. The summed E-state index contributed by atoms with van der Waals surface area (Å²) in [5.74, 6) is -0.295. The van der Waals surface area contributed by atoms with Gasteiger partial charge in [-0.3, -0.25) is 0 Å². The zero-order valence-corrected chi connectivity index (χ0v) is 10.5. The van der Waals surface area contributed by atoms with E-state index in [4.69, 9.17) is 23.2 Å². The van der Waals surface area contributed by atoms with Crippen LogP contribution < -0.4 is 0 Å². The van der Waals surface area contributed by atoms with Crippen molar-refractivity contribution in [2.24, 2.45) is 0 Å². The van der Waals surface area contributed by atoms with Crippen molar-refractivity contribution < 1.29 is 14.3 Å². The van der Waals surface area contributed by atoms with Crippen LogP contribution in [0.1, 0.15) is 6.92 Å². The van der Waals surface area contributed by atoms with Crippen molar-refractivity contribution in [3.8, 4) is 0 Å². The molecule has 0 aromatic carbocycles. The average Bonchev–Trinajstić information content (AvgIpc) is 2.16. The molecule has 0 aliphatic rings. The molecule has 0 saturated carbocycles. The van der Waals surface area contributed by atoms with E-state index in [1.165, 1.54) is 6.08 Å². The Balaban J connectivity index is 0. The van der Waals surface area contributed by atoms with E-state index in [0.29, 0.717) is 12.9 Å². The predicted molar refractivity (Wildman–Crippen MR) is 61.0 cm³/mol. The number of esters is 1. The molecule has 4 nitrogen and oxygen atoms in total. The van der Waals surface area contributed by atoms with Gasteiger partial charge in [-0.1, -0.05) is 23.2 Å². The summed E-state index contributed by atoms with van der Waals surface area (Å²) >= 11 is 9.72. The summed E-state index contributed by atoms with van der Waals surface area (Å²) in [6, 6.07) is 0. The fourth-order valence-corrected chi connectivity index (χ4v) is 0.400. The summed E-state index contributed by atoms with van der Waals surface area (Å²) in [6.07, 6.45) is 3.49. The van der Waals surface area contributed by atoms with Gasteiger partial charge in [-0.2, -0.15) is 0 Å². The van der Waals surface area contributed by atoms with E-state index < -0.39 is 4.84 Å². The molecular weight excluding hydrogens is 241 g/mol. The number of halogens is 2. The highest BCUT2D eigenvalue weighted by molar-refractivity contribution is 6.51. The Morgan fingerprint density at radius 2 is 1.93 bits per heavy atom. The number of hydrogen-bond donors (Lipinski definition) is 0. The molecule has 0 radical (unpaired) electrons. The van der Waals surface area contributed by atoms with Crippen molar-refractivity contribution >= 4 is 35.5 Å². The quantitative estimate of drug-likeness (QED) is 0.332. The van der Waals surface area contributed by atoms with Crippen LogP contribution >= 0.6 is 23.2 Å². The second kappa shape index (κ2) is 11.3. The highest BCUT2D eigenvalue weighted by atomic mass is 35.5. The summed E-state index contributed by atoms with van der Waals surface area (Å²) in [4.78, 5) is 20.8. The van der Waals surface area contributed by atoms with Crippen LogP contribution in [0.15, 0.2) is 12.3 Å². The number of nitrogens with zero attached hydrogens (tertiary/aromatic N) is 1. The fraction of sp³-hybridized carbons (Fsp3) is 0.556. The first-order valence-electron chi connectivity index (χ1n) is 4.18. The zero-order valence-electron chi connectivity index (χ0n) is 8.94. The molecule has 0 heterocycles. The maximum Gasteiger partial charge on any atom is 0.332 e. The number of rotatable bonds is 4. The molecule has 0 spiro atoms. The van der Waals surface area contributed by atoms with Gasteiger partial charge < -0.3 is 14.4 Å². The van der Waals surface area contributed by atoms with Gasteiger partial charge in [0.25, 0.3) is 0 Å². The Hall–Kier alpha value is -0.740. The maximum absolute atomic E-state index is 10.6. The second-order valence-corrected chi connectivity index (χ2v) is 3.67. The first-order valence-corrected chi connectivity index (χ1v) is 5.06. The van der Waals surface area contributed by atoms with Gasteiger partial charge in [-0.25, -0.2) is 4.79 Å². The van der Waals surface area contributed by atoms with Crippen molar-refractivity contribution in [1.82, 2.24) is 4.90 Å². The Morgan fingerprint density at radius 3 is 2.20 bits per heavy atom. The Morgan fingerprint density at radius 1 is 1.47 bits per heavy atom. The minimum Gasteiger partial charge on any atom is -0.463 e. The summed E-state index contributed by atoms with van der Waals surface area (Å²) in [5.41, 5.74) is 0. The standard InChI is InChI=1S/C7H13NO2.C2H2Cl2O/c1-4-10-7(9)5-6-8(2)3;3-2(4)1-5/h5-6H,4H2,1-3H3;1-2H. The number of carbonyl (C=O) groups excluding carboxylic acids is 2. The van der Waals surface area contributed by atoms with Gasteiger partial charge in [0.1, 0.15) is 0 Å². The summed E-state index contributed by atoms with van der Waals surface area (Å²) in [7, 11) is 3.69. The lowest BCUT2D eigenvalue weighted by atomic mass is 10.6. The highest BCUT2D eigenvalue weighted by Crippen LogP contribution is 1.93. The molecule has 0 aromatic rings. The van der Waals surface area contributed by atoms with Crippen LogP contribution in [0, 0.1) is 0 Å². The molecule has 0 unspecified atom stereocenters. The number of aldehydes is 1. The van der Waals surface area contributed by atoms with Gasteiger partial charge in [0.15, 0.2) is 11.1 Å². The molecule has 0 saturated heterocycles. The van der Waals surface area contributed by atoms with Crippen LogP contribution in [-0.4, -0.2) is 42.7 Å². The van der Waals surface area contributed by atoms with E-state index in [0.717, 1.165) is 0 Å². The third kappa shape index (κ3) is 19.6. The third-order valence-electron chi connectivity index (χ3n) is 0.898. The summed E-state index contributed by atoms with van der Waals surface area (Å²) in [5, 5.41) is 0. The normalized spacial score (nSPS) is 9.47. The molecule has 0 fully saturated rings. The Bertz CT molecular complexity index is 206. The van der Waals surface area contributed by atoms with Crippen molar-refractivity contribution in [3.63, 3.8) is 0 Å². The van der Waals surface area contributed by atoms with E-state index in [-0.39, 0.29) is 5.97 Å². The van der Waals surface area contributed by atoms with E-state index in [1.54, 1.807) is 18.0 Å². The molecule has 0 bridgehead atoms. The average molecular weight is 256 g/mol. The molecule has 0 atom stereocenters. The molecule has 0 aromatic heterocycles. The van der Waals surface area contributed by atoms with E-state index in [2.05, 4.69) is 4.74 Å². The number of carbonyl (C=O) groups is 2. The molecule has 0 N–H and O–H groups in total. The molecule has 6 heteroatoms. The SMILES string of the molecule is CCOC(=O)C=CN(C)C.O=CC(Cl)Cl. The minimum absolute atomic E-state index is 0.295. The largest absolute Gasteiger partial charge is 0.463 e. The van der Waals surface area contributed by atoms with Crippen LogP contribution in [0.2, 0.25) is 0 Å². The van der Waals surface area contributed by atoms with Gasteiger partial charge in [0.05, 0.1) is 6.61 Å². The van der Waals surface area contributed by atoms with Gasteiger partial charge in [0.2, 0.25) is 0 Å². The van der Waals surface area contributed by atoms with Gasteiger partial charge in [-0.05, 0) is 6.92 Å². The van der Waals surface area contributed by atoms with Crippen molar-refractivity contribution in [1.29, 1.82) is 0 Å². The van der Waals surface area contributed by atoms with Crippen LogP contribution in [-0.2, 0) is 14.3 Å². The van der Waals surface area contributed by atoms with Crippen LogP contribution in [0.5, 0.6) is 0 Å². The van der Waals surface area contributed by atoms with Crippen molar-refractivity contribution in [2.75, 3.05) is 20.7 Å². The van der Waals surface area contributed by atoms with Crippen LogP contribution in [0.25, 0.3) is 0 Å². The first-order chi connectivity index (χ1) is 6.93. The monoisotopic (exact) mass is 255 g/mol. The smallest absolute Gasteiger partial charge is 0.332 e. The number of alkyl halides is 2. The van der Waals surface area contributed by atoms with Gasteiger partial charge in [-0.15, -0.1) is 0 Å². The minimum atomic E-state index is -0.852.